The Labute approximate surface area is 126 Å². The summed E-state index contributed by atoms with van der Waals surface area (Å²) >= 11 is 1.72. The number of anilines is 1. The van der Waals surface area contributed by atoms with Crippen LogP contribution in [0.25, 0.3) is 0 Å². The third kappa shape index (κ3) is 3.57. The van der Waals surface area contributed by atoms with Gasteiger partial charge in [-0.05, 0) is 6.07 Å². The molecule has 21 heavy (non-hydrogen) atoms. The first-order chi connectivity index (χ1) is 10.0. The Bertz CT molecular complexity index is 551. The topological polar surface area (TPSA) is 92.9 Å². The van der Waals surface area contributed by atoms with Gasteiger partial charge in [-0.1, -0.05) is 0 Å². The number of hydrogen-bond acceptors (Lipinski definition) is 6. The van der Waals surface area contributed by atoms with E-state index < -0.39 is 10.9 Å². The maximum absolute atomic E-state index is 11.0. The van der Waals surface area contributed by atoms with Crippen LogP contribution in [0.3, 0.4) is 0 Å². The van der Waals surface area contributed by atoms with E-state index in [2.05, 4.69) is 0 Å². The minimum absolute atomic E-state index is 0.0479. The number of ether oxygens (including phenoxy) is 1. The van der Waals surface area contributed by atoms with E-state index in [-0.39, 0.29) is 23.9 Å². The van der Waals surface area contributed by atoms with Crippen LogP contribution in [0.5, 0.6) is 5.75 Å². The van der Waals surface area contributed by atoms with Crippen molar-refractivity contribution in [3.8, 4) is 5.75 Å². The van der Waals surface area contributed by atoms with Crippen LogP contribution in [0.1, 0.15) is 6.42 Å². The van der Waals surface area contributed by atoms with Gasteiger partial charge in [0, 0.05) is 41.9 Å². The fraction of sp³-hybridized carbons (Fsp3) is 0.462. The predicted molar refractivity (Wildman–Crippen MR) is 80.4 cm³/mol. The van der Waals surface area contributed by atoms with E-state index in [1.807, 2.05) is 4.90 Å². The van der Waals surface area contributed by atoms with Crippen molar-refractivity contribution >= 4 is 29.1 Å². The van der Waals surface area contributed by atoms with E-state index in [0.717, 1.165) is 17.2 Å². The summed E-state index contributed by atoms with van der Waals surface area (Å²) in [5.74, 6) is 0.965. The molecule has 1 heterocycles. The van der Waals surface area contributed by atoms with E-state index in [1.54, 1.807) is 23.9 Å². The van der Waals surface area contributed by atoms with Gasteiger partial charge in [-0.15, -0.1) is 0 Å². The molecule has 0 aromatic heterocycles. The molecule has 0 bridgehead atoms. The molecular formula is C13H16N2O5S. The van der Waals surface area contributed by atoms with Crippen molar-refractivity contribution in [2.24, 2.45) is 0 Å². The molecule has 2 rings (SSSR count). The molecule has 1 aromatic rings. The lowest BCUT2D eigenvalue weighted by molar-refractivity contribution is -0.385. The van der Waals surface area contributed by atoms with Gasteiger partial charge in [-0.2, -0.15) is 11.8 Å². The molecule has 1 N–H and O–H groups in total. The fourth-order valence-corrected chi connectivity index (χ4v) is 3.42. The highest BCUT2D eigenvalue weighted by molar-refractivity contribution is 7.99. The molecule has 1 aliphatic heterocycles. The number of carboxylic acids is 1. The van der Waals surface area contributed by atoms with Gasteiger partial charge in [-0.25, -0.2) is 0 Å². The minimum Gasteiger partial charge on any atom is -0.490 e. The summed E-state index contributed by atoms with van der Waals surface area (Å²) in [4.78, 5) is 23.4. The second kappa shape index (κ2) is 6.66. The molecule has 1 aromatic carbocycles. The average Bonchev–Trinajstić information content (AvgIpc) is 2.46. The second-order valence-corrected chi connectivity index (χ2v) is 5.78. The molecule has 0 aliphatic carbocycles. The normalized spacial score (nSPS) is 18.3. The van der Waals surface area contributed by atoms with Crippen molar-refractivity contribution in [3.05, 3.63) is 28.3 Å². The minimum atomic E-state index is -0.846. The number of rotatable bonds is 5. The van der Waals surface area contributed by atoms with Gasteiger partial charge >= 0.3 is 11.7 Å². The van der Waals surface area contributed by atoms with E-state index in [4.69, 9.17) is 9.84 Å². The van der Waals surface area contributed by atoms with Gasteiger partial charge in [0.2, 0.25) is 0 Å². The number of hydrogen-bond donors (Lipinski definition) is 1. The van der Waals surface area contributed by atoms with Gasteiger partial charge < -0.3 is 14.7 Å². The second-order valence-electron chi connectivity index (χ2n) is 4.63. The van der Waals surface area contributed by atoms with Crippen LogP contribution >= 0.6 is 11.8 Å². The highest BCUT2D eigenvalue weighted by atomic mass is 32.2. The lowest BCUT2D eigenvalue weighted by atomic mass is 10.1. The Balaban J connectivity index is 2.30. The van der Waals surface area contributed by atoms with Crippen LogP contribution in [-0.4, -0.2) is 47.2 Å². The summed E-state index contributed by atoms with van der Waals surface area (Å²) in [6.07, 6.45) is 0.0479. The molecule has 1 fully saturated rings. The number of methoxy groups -OCH3 is 1. The van der Waals surface area contributed by atoms with E-state index in [9.17, 15) is 14.9 Å². The first-order valence-corrected chi connectivity index (χ1v) is 7.57. The summed E-state index contributed by atoms with van der Waals surface area (Å²) in [5.41, 5.74) is 0.659. The fourth-order valence-electron chi connectivity index (χ4n) is 2.36. The smallest absolute Gasteiger partial charge is 0.311 e. The average molecular weight is 312 g/mol. The van der Waals surface area contributed by atoms with Crippen LogP contribution in [0, 0.1) is 10.1 Å². The Morgan fingerprint density at radius 3 is 3.00 bits per heavy atom. The van der Waals surface area contributed by atoms with Crippen molar-refractivity contribution in [3.63, 3.8) is 0 Å². The Hall–Kier alpha value is -1.96. The standard InChI is InChI=1S/C13H16N2O5S/c1-20-12-6-9(2-3-11(12)15(18)19)14-4-5-21-8-10(14)7-13(16)17/h2-3,6,10H,4-5,7-8H2,1H3,(H,16,17). The highest BCUT2D eigenvalue weighted by Crippen LogP contribution is 2.34. The van der Waals surface area contributed by atoms with Gasteiger partial charge in [0.15, 0.2) is 5.75 Å². The molecule has 1 atom stereocenters. The molecule has 114 valence electrons. The van der Waals surface area contributed by atoms with E-state index >= 15 is 0 Å². The molecular weight excluding hydrogens is 296 g/mol. The molecule has 1 aliphatic rings. The van der Waals surface area contributed by atoms with Gasteiger partial charge in [-0.3, -0.25) is 14.9 Å². The zero-order valence-electron chi connectivity index (χ0n) is 11.5. The summed E-state index contributed by atoms with van der Waals surface area (Å²) in [6.45, 7) is 0.712. The number of benzene rings is 1. The largest absolute Gasteiger partial charge is 0.490 e. The van der Waals surface area contributed by atoms with Gasteiger partial charge in [0.25, 0.3) is 0 Å². The van der Waals surface area contributed by atoms with Crippen LogP contribution < -0.4 is 9.64 Å². The van der Waals surface area contributed by atoms with Gasteiger partial charge in [0.05, 0.1) is 18.5 Å². The molecule has 0 amide bonds. The quantitative estimate of drug-likeness (QED) is 0.656. The zero-order chi connectivity index (χ0) is 15.4. The molecule has 0 spiro atoms. The third-order valence-electron chi connectivity index (χ3n) is 3.33. The van der Waals surface area contributed by atoms with Crippen molar-refractivity contribution in [2.45, 2.75) is 12.5 Å². The molecule has 0 radical (unpaired) electrons. The summed E-state index contributed by atoms with van der Waals surface area (Å²) in [6, 6.07) is 4.52. The first-order valence-electron chi connectivity index (χ1n) is 6.41. The number of nitro benzene ring substituents is 1. The zero-order valence-corrected chi connectivity index (χ0v) is 12.3. The molecule has 1 saturated heterocycles. The third-order valence-corrected chi connectivity index (χ3v) is 4.42. The molecule has 1 unspecified atom stereocenters. The van der Waals surface area contributed by atoms with Gasteiger partial charge in [0.1, 0.15) is 0 Å². The number of carboxylic acid groups (broad SMARTS) is 1. The maximum Gasteiger partial charge on any atom is 0.311 e. The number of aliphatic carboxylic acids is 1. The Morgan fingerprint density at radius 2 is 2.38 bits per heavy atom. The lowest BCUT2D eigenvalue weighted by Crippen LogP contribution is -2.43. The highest BCUT2D eigenvalue weighted by Gasteiger charge is 2.27. The van der Waals surface area contributed by atoms with Crippen LogP contribution in [-0.2, 0) is 4.79 Å². The van der Waals surface area contributed by atoms with E-state index in [1.165, 1.54) is 13.2 Å². The first kappa shape index (κ1) is 15.4. The molecule has 0 saturated carbocycles. The maximum atomic E-state index is 11.0. The van der Waals surface area contributed by atoms with Crippen LogP contribution in [0.4, 0.5) is 11.4 Å². The summed E-state index contributed by atoms with van der Waals surface area (Å²) in [5, 5.41) is 19.9. The van der Waals surface area contributed by atoms with Crippen molar-refractivity contribution < 1.29 is 19.6 Å². The van der Waals surface area contributed by atoms with Crippen LogP contribution in [0.15, 0.2) is 18.2 Å². The van der Waals surface area contributed by atoms with Crippen molar-refractivity contribution in [2.75, 3.05) is 30.1 Å². The number of carbonyl (C=O) groups is 1. The monoisotopic (exact) mass is 312 g/mol. The predicted octanol–water partition coefficient (Wildman–Crippen LogP) is 2.00. The Kier molecular flexibility index (Phi) is 4.89. The van der Waals surface area contributed by atoms with Crippen LogP contribution in [0.2, 0.25) is 0 Å². The molecule has 8 heteroatoms. The number of nitro groups is 1. The molecule has 7 nitrogen and oxygen atoms in total. The number of nitrogens with zero attached hydrogens (tertiary/aromatic N) is 2. The Morgan fingerprint density at radius 1 is 1.62 bits per heavy atom. The SMILES string of the molecule is COc1cc(N2CCSCC2CC(=O)O)ccc1[N+](=O)[O-]. The summed E-state index contributed by atoms with van der Waals surface area (Å²) in [7, 11) is 1.38. The van der Waals surface area contributed by atoms with E-state index in [0.29, 0.717) is 6.54 Å². The lowest BCUT2D eigenvalue weighted by Gasteiger charge is -2.36. The number of thioether (sulfide) groups is 1. The van der Waals surface area contributed by atoms with Crippen molar-refractivity contribution in [1.29, 1.82) is 0 Å². The summed E-state index contributed by atoms with van der Waals surface area (Å²) < 4.78 is 5.06. The van der Waals surface area contributed by atoms with Crippen molar-refractivity contribution in [1.82, 2.24) is 0 Å².